The number of carbonyl (C=O) groups is 1. The monoisotopic (exact) mass is 291 g/mol. The average Bonchev–Trinajstić information content (AvgIpc) is 2.98. The van der Waals surface area contributed by atoms with Crippen molar-refractivity contribution in [3.63, 3.8) is 0 Å². The van der Waals surface area contributed by atoms with Crippen molar-refractivity contribution < 1.29 is 18.8 Å². The number of carbonyl (C=O) groups excluding carboxylic acids is 1. The van der Waals surface area contributed by atoms with Crippen LogP contribution in [0.25, 0.3) is 0 Å². The lowest BCUT2D eigenvalue weighted by atomic mass is 10.1. The van der Waals surface area contributed by atoms with Crippen LogP contribution in [0.5, 0.6) is 0 Å². The van der Waals surface area contributed by atoms with Gasteiger partial charge < -0.3 is 20.7 Å². The van der Waals surface area contributed by atoms with Crippen molar-refractivity contribution in [2.24, 2.45) is 10.9 Å². The molecule has 2 aromatic rings. The number of amidine groups is 1. The van der Waals surface area contributed by atoms with E-state index in [1.165, 1.54) is 18.4 Å². The molecule has 0 saturated heterocycles. The van der Waals surface area contributed by atoms with Gasteiger partial charge in [0, 0.05) is 12.8 Å². The zero-order chi connectivity index (χ0) is 15.2. The highest BCUT2D eigenvalue weighted by Gasteiger charge is 2.15. The summed E-state index contributed by atoms with van der Waals surface area (Å²) in [6.45, 7) is 0. The third-order valence-electron chi connectivity index (χ3n) is 2.83. The van der Waals surface area contributed by atoms with Crippen molar-refractivity contribution in [3.8, 4) is 0 Å². The Kier molecular flexibility index (Phi) is 4.55. The number of anilines is 1. The summed E-state index contributed by atoms with van der Waals surface area (Å²) in [5.41, 5.74) is 5.42. The lowest BCUT2D eigenvalue weighted by Crippen LogP contribution is -2.20. The maximum absolute atomic E-state index is 13.7. The summed E-state index contributed by atoms with van der Waals surface area (Å²) in [5, 5.41) is 14.0. The smallest absolute Gasteiger partial charge is 0.224 e. The van der Waals surface area contributed by atoms with E-state index >= 15 is 0 Å². The van der Waals surface area contributed by atoms with Crippen LogP contribution in [-0.4, -0.2) is 17.0 Å². The lowest BCUT2D eigenvalue weighted by Gasteiger charge is -2.10. The van der Waals surface area contributed by atoms with E-state index in [0.29, 0.717) is 12.2 Å². The minimum atomic E-state index is -0.686. The second-order valence-corrected chi connectivity index (χ2v) is 4.28. The van der Waals surface area contributed by atoms with Gasteiger partial charge in [-0.2, -0.15) is 0 Å². The Morgan fingerprint density at radius 3 is 2.86 bits per heavy atom. The number of furan rings is 1. The number of nitrogens with two attached hydrogens (primary N) is 1. The molecule has 4 N–H and O–H groups in total. The molecule has 2 rings (SSSR count). The van der Waals surface area contributed by atoms with E-state index in [1.54, 1.807) is 12.1 Å². The van der Waals surface area contributed by atoms with E-state index in [0.717, 1.165) is 6.07 Å². The Hall–Kier alpha value is -2.83. The normalized spacial score (nSPS) is 11.4. The second kappa shape index (κ2) is 6.56. The van der Waals surface area contributed by atoms with Crippen molar-refractivity contribution in [2.75, 3.05) is 5.32 Å². The Morgan fingerprint density at radius 2 is 2.19 bits per heavy atom. The number of rotatable bonds is 5. The van der Waals surface area contributed by atoms with Crippen LogP contribution in [0, 0.1) is 5.82 Å². The zero-order valence-corrected chi connectivity index (χ0v) is 11.0. The average molecular weight is 291 g/mol. The van der Waals surface area contributed by atoms with Gasteiger partial charge in [0.15, 0.2) is 5.84 Å². The minimum absolute atomic E-state index is 0.147. The quantitative estimate of drug-likeness (QED) is 0.340. The maximum atomic E-state index is 13.7. The largest absolute Gasteiger partial charge is 0.469 e. The van der Waals surface area contributed by atoms with Gasteiger partial charge in [-0.25, -0.2) is 4.39 Å². The second-order valence-electron chi connectivity index (χ2n) is 4.28. The third-order valence-corrected chi connectivity index (χ3v) is 2.83. The van der Waals surface area contributed by atoms with E-state index in [4.69, 9.17) is 15.4 Å². The van der Waals surface area contributed by atoms with E-state index in [1.807, 2.05) is 0 Å². The van der Waals surface area contributed by atoms with Gasteiger partial charge in [-0.1, -0.05) is 11.2 Å². The van der Waals surface area contributed by atoms with Gasteiger partial charge in [-0.3, -0.25) is 4.79 Å². The fourth-order valence-corrected chi connectivity index (χ4v) is 1.84. The van der Waals surface area contributed by atoms with Crippen LogP contribution in [0.4, 0.5) is 10.1 Å². The predicted octanol–water partition coefficient (Wildman–Crippen LogP) is 2.08. The molecule has 0 fully saturated rings. The molecule has 0 aliphatic heterocycles. The van der Waals surface area contributed by atoms with Gasteiger partial charge in [0.05, 0.1) is 17.5 Å². The SMILES string of the molecule is N/C(=N/O)c1c(F)cccc1NC(=O)CCc1ccco1. The van der Waals surface area contributed by atoms with Crippen LogP contribution in [0.15, 0.2) is 46.2 Å². The molecule has 0 radical (unpaired) electrons. The van der Waals surface area contributed by atoms with Crippen LogP contribution in [0.3, 0.4) is 0 Å². The van der Waals surface area contributed by atoms with Gasteiger partial charge in [-0.05, 0) is 24.3 Å². The van der Waals surface area contributed by atoms with Crippen molar-refractivity contribution in [1.29, 1.82) is 0 Å². The number of benzene rings is 1. The summed E-state index contributed by atoms with van der Waals surface area (Å²) in [6.07, 6.45) is 2.11. The molecule has 0 saturated carbocycles. The maximum Gasteiger partial charge on any atom is 0.224 e. The molecule has 1 aromatic heterocycles. The molecule has 0 spiro atoms. The summed E-state index contributed by atoms with van der Waals surface area (Å²) in [7, 11) is 0. The topological polar surface area (TPSA) is 101 Å². The molecule has 0 aliphatic rings. The standard InChI is InChI=1S/C14H14FN3O3/c15-10-4-1-5-11(13(10)14(16)18-20)17-12(19)7-6-9-3-2-8-21-9/h1-5,8,20H,6-7H2,(H2,16,18)(H,17,19). The Morgan fingerprint density at radius 1 is 1.38 bits per heavy atom. The molecule has 0 atom stereocenters. The van der Waals surface area contributed by atoms with Crippen molar-refractivity contribution in [1.82, 2.24) is 0 Å². The Bertz CT molecular complexity index is 653. The number of hydrogen-bond acceptors (Lipinski definition) is 4. The minimum Gasteiger partial charge on any atom is -0.469 e. The van der Waals surface area contributed by atoms with Crippen LogP contribution < -0.4 is 11.1 Å². The van der Waals surface area contributed by atoms with Gasteiger partial charge in [-0.15, -0.1) is 0 Å². The molecule has 110 valence electrons. The molecule has 1 aromatic carbocycles. The van der Waals surface area contributed by atoms with E-state index in [9.17, 15) is 9.18 Å². The van der Waals surface area contributed by atoms with Crippen molar-refractivity contribution in [3.05, 3.63) is 53.7 Å². The van der Waals surface area contributed by atoms with Gasteiger partial charge in [0.1, 0.15) is 11.6 Å². The fraction of sp³-hybridized carbons (Fsp3) is 0.143. The Balaban J connectivity index is 2.08. The number of oxime groups is 1. The zero-order valence-electron chi connectivity index (χ0n) is 11.0. The first-order valence-electron chi connectivity index (χ1n) is 6.20. The summed E-state index contributed by atoms with van der Waals surface area (Å²) in [5.74, 6) is -0.742. The molecule has 0 unspecified atom stereocenters. The summed E-state index contributed by atoms with van der Waals surface area (Å²) in [6, 6.07) is 7.55. The summed E-state index contributed by atoms with van der Waals surface area (Å²) >= 11 is 0. The number of aryl methyl sites for hydroxylation is 1. The molecular formula is C14H14FN3O3. The lowest BCUT2D eigenvalue weighted by molar-refractivity contribution is -0.116. The van der Waals surface area contributed by atoms with E-state index in [-0.39, 0.29) is 23.6 Å². The fourth-order valence-electron chi connectivity index (χ4n) is 1.84. The number of nitrogens with zero attached hydrogens (tertiary/aromatic N) is 1. The van der Waals surface area contributed by atoms with Crippen LogP contribution in [0.2, 0.25) is 0 Å². The molecule has 21 heavy (non-hydrogen) atoms. The predicted molar refractivity (Wildman–Crippen MR) is 74.6 cm³/mol. The summed E-state index contributed by atoms with van der Waals surface area (Å²) in [4.78, 5) is 11.9. The molecule has 1 heterocycles. The van der Waals surface area contributed by atoms with Crippen LogP contribution >= 0.6 is 0 Å². The van der Waals surface area contributed by atoms with Crippen molar-refractivity contribution >= 4 is 17.4 Å². The van der Waals surface area contributed by atoms with Gasteiger partial charge >= 0.3 is 0 Å². The number of amides is 1. The first kappa shape index (κ1) is 14.6. The third kappa shape index (κ3) is 3.59. The number of hydrogen-bond donors (Lipinski definition) is 3. The molecule has 0 bridgehead atoms. The molecule has 7 heteroatoms. The first-order valence-corrected chi connectivity index (χ1v) is 6.20. The molecular weight excluding hydrogens is 277 g/mol. The van der Waals surface area contributed by atoms with Crippen LogP contribution in [-0.2, 0) is 11.2 Å². The Labute approximate surface area is 120 Å². The van der Waals surface area contributed by atoms with Crippen molar-refractivity contribution in [2.45, 2.75) is 12.8 Å². The summed E-state index contributed by atoms with van der Waals surface area (Å²) < 4.78 is 18.8. The molecule has 1 amide bonds. The number of nitrogens with one attached hydrogen (secondary N) is 1. The van der Waals surface area contributed by atoms with Gasteiger partial charge in [0.25, 0.3) is 0 Å². The molecule has 0 aliphatic carbocycles. The van der Waals surface area contributed by atoms with E-state index in [2.05, 4.69) is 10.5 Å². The molecule has 6 nitrogen and oxygen atoms in total. The van der Waals surface area contributed by atoms with E-state index < -0.39 is 11.7 Å². The first-order chi connectivity index (χ1) is 10.1. The highest BCUT2D eigenvalue weighted by Crippen LogP contribution is 2.19. The van der Waals surface area contributed by atoms with Gasteiger partial charge in [0.2, 0.25) is 5.91 Å². The highest BCUT2D eigenvalue weighted by molar-refractivity contribution is 6.05. The highest BCUT2D eigenvalue weighted by atomic mass is 19.1. The number of halogens is 1. The van der Waals surface area contributed by atoms with Crippen LogP contribution in [0.1, 0.15) is 17.7 Å².